The Morgan fingerprint density at radius 2 is 1.19 bits per heavy atom. The Hall–Kier alpha value is -1.92. The minimum Gasteiger partial charge on any atom is -0.426 e. The molecular formula is C10H12N2O4. The average Bonchev–Trinajstić information content (AvgIpc) is 2.31. The van der Waals surface area contributed by atoms with Crippen LogP contribution in [0, 0.1) is 0 Å². The largest absolute Gasteiger partial charge is 0.426 e. The number of nitrogens with two attached hydrogens (primary N) is 2. The van der Waals surface area contributed by atoms with Gasteiger partial charge in [0, 0.05) is 0 Å². The number of esters is 2. The minimum absolute atomic E-state index is 0.191. The fourth-order valence-corrected chi connectivity index (χ4v) is 0.922. The second-order valence-electron chi connectivity index (χ2n) is 2.83. The van der Waals surface area contributed by atoms with Gasteiger partial charge in [0.2, 0.25) is 0 Å². The van der Waals surface area contributed by atoms with E-state index in [1.54, 1.807) is 0 Å². The van der Waals surface area contributed by atoms with E-state index in [-0.39, 0.29) is 13.1 Å². The third kappa shape index (κ3) is 3.68. The van der Waals surface area contributed by atoms with E-state index in [0.717, 1.165) is 0 Å². The summed E-state index contributed by atoms with van der Waals surface area (Å²) < 4.78 is 9.64. The highest BCUT2D eigenvalue weighted by molar-refractivity contribution is 5.75. The van der Waals surface area contributed by atoms with Crippen LogP contribution in [-0.4, -0.2) is 25.0 Å². The molecule has 86 valence electrons. The van der Waals surface area contributed by atoms with Crippen molar-refractivity contribution in [3.05, 3.63) is 24.3 Å². The van der Waals surface area contributed by atoms with E-state index in [4.69, 9.17) is 20.9 Å². The van der Waals surface area contributed by atoms with Crippen LogP contribution in [0.15, 0.2) is 24.3 Å². The Labute approximate surface area is 92.1 Å². The Kier molecular flexibility index (Phi) is 4.43. The van der Waals surface area contributed by atoms with Crippen LogP contribution in [0.25, 0.3) is 0 Å². The number of hydrogen-bond donors (Lipinski definition) is 2. The van der Waals surface area contributed by atoms with Gasteiger partial charge >= 0.3 is 11.9 Å². The van der Waals surface area contributed by atoms with Crippen molar-refractivity contribution in [1.82, 2.24) is 0 Å². The lowest BCUT2D eigenvalue weighted by Crippen LogP contribution is -2.20. The van der Waals surface area contributed by atoms with Crippen LogP contribution in [0.4, 0.5) is 0 Å². The van der Waals surface area contributed by atoms with E-state index in [9.17, 15) is 9.59 Å². The lowest BCUT2D eigenvalue weighted by atomic mass is 10.3. The van der Waals surface area contributed by atoms with E-state index in [2.05, 4.69) is 0 Å². The summed E-state index contributed by atoms with van der Waals surface area (Å²) in [6, 6.07) is 5.97. The zero-order chi connectivity index (χ0) is 12.0. The SMILES string of the molecule is NCC(=O)Oc1ccc(OC(=O)CN)cc1. The number of carbonyl (C=O) groups is 2. The summed E-state index contributed by atoms with van der Waals surface area (Å²) in [7, 11) is 0. The molecule has 4 N–H and O–H groups in total. The van der Waals surface area contributed by atoms with Crippen LogP contribution in [-0.2, 0) is 9.59 Å². The molecule has 0 amide bonds. The zero-order valence-corrected chi connectivity index (χ0v) is 8.51. The van der Waals surface area contributed by atoms with Crippen LogP contribution in [0.3, 0.4) is 0 Å². The number of benzene rings is 1. The summed E-state index contributed by atoms with van der Waals surface area (Å²) in [5, 5.41) is 0. The first-order valence-corrected chi connectivity index (χ1v) is 4.57. The summed E-state index contributed by atoms with van der Waals surface area (Å²) in [5.74, 6) is -0.399. The second-order valence-corrected chi connectivity index (χ2v) is 2.83. The van der Waals surface area contributed by atoms with E-state index < -0.39 is 11.9 Å². The molecule has 6 nitrogen and oxygen atoms in total. The first kappa shape index (κ1) is 12.2. The van der Waals surface area contributed by atoms with Gasteiger partial charge < -0.3 is 20.9 Å². The highest BCUT2D eigenvalue weighted by Crippen LogP contribution is 2.17. The van der Waals surface area contributed by atoms with Crippen molar-refractivity contribution in [3.63, 3.8) is 0 Å². The number of carbonyl (C=O) groups excluding carboxylic acids is 2. The van der Waals surface area contributed by atoms with Gasteiger partial charge in [0.25, 0.3) is 0 Å². The van der Waals surface area contributed by atoms with Gasteiger partial charge in [-0.1, -0.05) is 0 Å². The standard InChI is InChI=1S/C10H12N2O4/c11-5-9(13)15-7-1-2-8(4-3-7)16-10(14)6-12/h1-4H,5-6,11-12H2. The van der Waals surface area contributed by atoms with E-state index in [1.165, 1.54) is 24.3 Å². The molecule has 0 atom stereocenters. The second kappa shape index (κ2) is 5.84. The predicted octanol–water partition coefficient (Wildman–Crippen LogP) is -0.585. The molecule has 0 saturated heterocycles. The Morgan fingerprint density at radius 3 is 1.44 bits per heavy atom. The smallest absolute Gasteiger partial charge is 0.325 e. The zero-order valence-electron chi connectivity index (χ0n) is 8.51. The van der Waals surface area contributed by atoms with Crippen LogP contribution in [0.2, 0.25) is 0 Å². The molecule has 6 heteroatoms. The van der Waals surface area contributed by atoms with E-state index >= 15 is 0 Å². The molecule has 0 aliphatic rings. The molecule has 1 rings (SSSR count). The van der Waals surface area contributed by atoms with Gasteiger partial charge in [-0.15, -0.1) is 0 Å². The van der Waals surface area contributed by atoms with Crippen molar-refractivity contribution >= 4 is 11.9 Å². The third-order valence-corrected chi connectivity index (χ3v) is 1.62. The van der Waals surface area contributed by atoms with Gasteiger partial charge in [-0.25, -0.2) is 0 Å². The Balaban J connectivity index is 2.60. The molecule has 0 bridgehead atoms. The lowest BCUT2D eigenvalue weighted by molar-refractivity contribution is -0.133. The van der Waals surface area contributed by atoms with Gasteiger partial charge in [-0.3, -0.25) is 9.59 Å². The molecule has 0 aromatic heterocycles. The molecular weight excluding hydrogens is 212 g/mol. The van der Waals surface area contributed by atoms with Crippen LogP contribution >= 0.6 is 0 Å². The molecule has 16 heavy (non-hydrogen) atoms. The summed E-state index contributed by atoms with van der Waals surface area (Å²) >= 11 is 0. The van der Waals surface area contributed by atoms with Crippen molar-refractivity contribution in [3.8, 4) is 11.5 Å². The lowest BCUT2D eigenvalue weighted by Gasteiger charge is -2.04. The van der Waals surface area contributed by atoms with Crippen molar-refractivity contribution in [1.29, 1.82) is 0 Å². The minimum atomic E-state index is -0.535. The van der Waals surface area contributed by atoms with Crippen molar-refractivity contribution in [2.45, 2.75) is 0 Å². The van der Waals surface area contributed by atoms with Crippen LogP contribution in [0.1, 0.15) is 0 Å². The molecule has 0 aliphatic carbocycles. The highest BCUT2D eigenvalue weighted by atomic mass is 16.5. The number of rotatable bonds is 4. The first-order valence-electron chi connectivity index (χ1n) is 4.57. The van der Waals surface area contributed by atoms with Gasteiger partial charge in [-0.05, 0) is 24.3 Å². The Bertz CT molecular complexity index is 338. The summed E-state index contributed by atoms with van der Waals surface area (Å²) in [5.41, 5.74) is 10.2. The van der Waals surface area contributed by atoms with Crippen molar-refractivity contribution in [2.24, 2.45) is 11.5 Å². The maximum atomic E-state index is 10.8. The maximum absolute atomic E-state index is 10.8. The molecule has 0 fully saturated rings. The van der Waals surface area contributed by atoms with Gasteiger partial charge in [0.05, 0.1) is 13.1 Å². The van der Waals surface area contributed by atoms with E-state index in [1.807, 2.05) is 0 Å². The molecule has 1 aromatic rings. The van der Waals surface area contributed by atoms with Gasteiger partial charge in [-0.2, -0.15) is 0 Å². The van der Waals surface area contributed by atoms with Gasteiger partial charge in [0.15, 0.2) is 0 Å². The Morgan fingerprint density at radius 1 is 0.875 bits per heavy atom. The fraction of sp³-hybridized carbons (Fsp3) is 0.200. The van der Waals surface area contributed by atoms with Crippen molar-refractivity contribution < 1.29 is 19.1 Å². The van der Waals surface area contributed by atoms with E-state index in [0.29, 0.717) is 11.5 Å². The summed E-state index contributed by atoms with van der Waals surface area (Å²) in [4.78, 5) is 21.7. The average molecular weight is 224 g/mol. The molecule has 1 aromatic carbocycles. The monoisotopic (exact) mass is 224 g/mol. The fourth-order valence-electron chi connectivity index (χ4n) is 0.922. The number of ether oxygens (including phenoxy) is 2. The maximum Gasteiger partial charge on any atom is 0.325 e. The molecule has 0 spiro atoms. The van der Waals surface area contributed by atoms with Crippen molar-refractivity contribution in [2.75, 3.05) is 13.1 Å². The summed E-state index contributed by atoms with van der Waals surface area (Å²) in [6.07, 6.45) is 0. The topological polar surface area (TPSA) is 105 Å². The van der Waals surface area contributed by atoms with Crippen LogP contribution in [0.5, 0.6) is 11.5 Å². The predicted molar refractivity (Wildman–Crippen MR) is 55.8 cm³/mol. The highest BCUT2D eigenvalue weighted by Gasteiger charge is 2.04. The quantitative estimate of drug-likeness (QED) is 0.523. The molecule has 0 saturated carbocycles. The third-order valence-electron chi connectivity index (χ3n) is 1.62. The summed E-state index contributed by atoms with van der Waals surface area (Å²) in [6.45, 7) is -0.381. The van der Waals surface area contributed by atoms with Crippen LogP contribution < -0.4 is 20.9 Å². The number of hydrogen-bond acceptors (Lipinski definition) is 6. The normalized spacial score (nSPS) is 9.62. The molecule has 0 radical (unpaired) electrons. The van der Waals surface area contributed by atoms with Gasteiger partial charge in [0.1, 0.15) is 11.5 Å². The molecule has 0 heterocycles. The molecule has 0 unspecified atom stereocenters. The molecule has 0 aliphatic heterocycles. The first-order chi connectivity index (χ1) is 7.65.